The quantitative estimate of drug-likeness (QED) is 0.0432. The Balaban J connectivity index is 4.49. The van der Waals surface area contributed by atoms with Gasteiger partial charge in [0.05, 0.1) is 40.3 Å². The fourth-order valence-corrected chi connectivity index (χ4v) is 4.70. The molecule has 0 aromatic heterocycles. The maximum Gasteiger partial charge on any atom is 0.306 e. The Hall–Kier alpha value is -1.93. The number of ether oxygens (including phenoxy) is 3. The van der Waals surface area contributed by atoms with Gasteiger partial charge in [-0.25, -0.2) is 0 Å². The van der Waals surface area contributed by atoms with Crippen LogP contribution >= 0.6 is 0 Å². The van der Waals surface area contributed by atoms with Crippen LogP contribution in [0, 0.1) is 0 Å². The summed E-state index contributed by atoms with van der Waals surface area (Å²) in [6, 6.07) is -0.720. The van der Waals surface area contributed by atoms with Crippen LogP contribution in [0.25, 0.3) is 0 Å². The van der Waals surface area contributed by atoms with Gasteiger partial charge in [0.2, 0.25) is 0 Å². The highest BCUT2D eigenvalue weighted by Crippen LogP contribution is 2.12. The van der Waals surface area contributed by atoms with E-state index in [-0.39, 0.29) is 42.7 Å². The second kappa shape index (κ2) is 26.7. The third-order valence-electron chi connectivity index (χ3n) is 7.40. The first-order valence-electron chi connectivity index (χ1n) is 16.7. The van der Waals surface area contributed by atoms with Gasteiger partial charge in [-0.05, 0) is 32.1 Å². The van der Waals surface area contributed by atoms with Crippen molar-refractivity contribution >= 4 is 17.9 Å². The summed E-state index contributed by atoms with van der Waals surface area (Å²) in [6.45, 7) is 4.54. The van der Waals surface area contributed by atoms with E-state index >= 15 is 0 Å². The number of hydrogen-bond acceptors (Lipinski definition) is 7. The van der Waals surface area contributed by atoms with Crippen molar-refractivity contribution in [2.75, 3.05) is 41.0 Å². The summed E-state index contributed by atoms with van der Waals surface area (Å²) in [5, 5.41) is 11.5. The highest BCUT2D eigenvalue weighted by Gasteiger charge is 2.25. The van der Waals surface area contributed by atoms with Crippen LogP contribution in [-0.4, -0.2) is 75.5 Å². The molecule has 8 nitrogen and oxygen atoms in total. The average Bonchev–Trinajstić information content (AvgIpc) is 2.92. The minimum Gasteiger partial charge on any atom is -0.544 e. The van der Waals surface area contributed by atoms with Crippen molar-refractivity contribution in [2.45, 2.75) is 148 Å². The molecule has 0 aromatic carbocycles. The van der Waals surface area contributed by atoms with E-state index in [4.69, 9.17) is 14.2 Å². The summed E-state index contributed by atoms with van der Waals surface area (Å²) in [6.07, 6.45) is 22.5. The summed E-state index contributed by atoms with van der Waals surface area (Å²) in [5.74, 6) is -1.76. The SMILES string of the molecule is CCCC/C=C\CCCCCCCC(=O)OC(COCCC(C(=O)[O-])[N+](C)(C)C)COC(=O)CCCCCCCCC. The van der Waals surface area contributed by atoms with Gasteiger partial charge in [0.1, 0.15) is 12.6 Å². The standard InChI is InChI=1S/C34H63NO7/c1-6-8-10-12-14-15-16-17-19-21-23-25-33(37)42-30(28-40-27-26-31(34(38)39)35(3,4)5)29-41-32(36)24-22-20-18-13-11-9-7-2/h12,14,30-31H,6-11,13,15-29H2,1-5H3/b14-12-. The first kappa shape index (κ1) is 40.1. The number of allylic oxidation sites excluding steroid dienone is 2. The van der Waals surface area contributed by atoms with Crippen LogP contribution in [0.5, 0.6) is 0 Å². The molecule has 2 atom stereocenters. The van der Waals surface area contributed by atoms with Crippen molar-refractivity contribution in [2.24, 2.45) is 0 Å². The number of carboxylic acid groups (broad SMARTS) is 1. The lowest BCUT2D eigenvalue weighted by Crippen LogP contribution is -2.55. The van der Waals surface area contributed by atoms with Crippen molar-refractivity contribution in [1.29, 1.82) is 0 Å². The third kappa shape index (κ3) is 24.6. The fraction of sp³-hybridized carbons (Fsp3) is 0.853. The minimum atomic E-state index is -1.13. The Morgan fingerprint density at radius 3 is 1.79 bits per heavy atom. The van der Waals surface area contributed by atoms with E-state index in [2.05, 4.69) is 26.0 Å². The summed E-state index contributed by atoms with van der Waals surface area (Å²) < 4.78 is 16.9. The smallest absolute Gasteiger partial charge is 0.306 e. The lowest BCUT2D eigenvalue weighted by Gasteiger charge is -2.34. The Bertz CT molecular complexity index is 717. The predicted molar refractivity (Wildman–Crippen MR) is 167 cm³/mol. The van der Waals surface area contributed by atoms with Gasteiger partial charge in [-0.2, -0.15) is 0 Å². The van der Waals surface area contributed by atoms with Crippen LogP contribution < -0.4 is 5.11 Å². The Morgan fingerprint density at radius 2 is 1.21 bits per heavy atom. The lowest BCUT2D eigenvalue weighted by atomic mass is 10.1. The molecular weight excluding hydrogens is 534 g/mol. The molecule has 0 saturated heterocycles. The van der Waals surface area contributed by atoms with Gasteiger partial charge >= 0.3 is 11.9 Å². The number of quaternary nitrogens is 1. The van der Waals surface area contributed by atoms with Crippen LogP contribution in [0.1, 0.15) is 136 Å². The van der Waals surface area contributed by atoms with E-state index in [1.165, 1.54) is 51.4 Å². The molecule has 246 valence electrons. The van der Waals surface area contributed by atoms with Crippen LogP contribution in [0.4, 0.5) is 0 Å². The van der Waals surface area contributed by atoms with E-state index in [0.29, 0.717) is 12.8 Å². The van der Waals surface area contributed by atoms with Gasteiger partial charge in [-0.1, -0.05) is 96.6 Å². The molecule has 0 aliphatic carbocycles. The van der Waals surface area contributed by atoms with Crippen molar-refractivity contribution in [1.82, 2.24) is 0 Å². The molecule has 2 unspecified atom stereocenters. The first-order chi connectivity index (χ1) is 20.1. The number of unbranched alkanes of at least 4 members (excludes halogenated alkanes) is 13. The van der Waals surface area contributed by atoms with Crippen LogP contribution in [0.2, 0.25) is 0 Å². The second-order valence-corrected chi connectivity index (χ2v) is 12.4. The van der Waals surface area contributed by atoms with Crippen LogP contribution in [0.15, 0.2) is 12.2 Å². The number of carbonyl (C=O) groups is 3. The Kier molecular flexibility index (Phi) is 25.5. The molecule has 0 amide bonds. The Labute approximate surface area is 257 Å². The molecule has 0 radical (unpaired) electrons. The fourth-order valence-electron chi connectivity index (χ4n) is 4.70. The molecule has 0 spiro atoms. The zero-order chi connectivity index (χ0) is 31.5. The monoisotopic (exact) mass is 597 g/mol. The lowest BCUT2D eigenvalue weighted by molar-refractivity contribution is -0.889. The highest BCUT2D eigenvalue weighted by molar-refractivity contribution is 5.70. The van der Waals surface area contributed by atoms with Gasteiger partial charge in [0, 0.05) is 19.3 Å². The van der Waals surface area contributed by atoms with Crippen molar-refractivity contribution in [3.63, 3.8) is 0 Å². The van der Waals surface area contributed by atoms with Gasteiger partial charge in [-0.15, -0.1) is 0 Å². The Morgan fingerprint density at radius 1 is 0.690 bits per heavy atom. The summed E-state index contributed by atoms with van der Waals surface area (Å²) in [7, 11) is 5.38. The van der Waals surface area contributed by atoms with Crippen molar-refractivity contribution in [3.8, 4) is 0 Å². The molecule has 8 heteroatoms. The zero-order valence-corrected chi connectivity index (χ0v) is 27.7. The largest absolute Gasteiger partial charge is 0.544 e. The minimum absolute atomic E-state index is 0.0408. The van der Waals surface area contributed by atoms with Gasteiger partial charge in [0.15, 0.2) is 6.10 Å². The van der Waals surface area contributed by atoms with Crippen LogP contribution in [0.3, 0.4) is 0 Å². The predicted octanol–water partition coefficient (Wildman–Crippen LogP) is 6.29. The summed E-state index contributed by atoms with van der Waals surface area (Å²) in [4.78, 5) is 36.3. The molecule has 0 saturated carbocycles. The van der Waals surface area contributed by atoms with Crippen molar-refractivity contribution in [3.05, 3.63) is 12.2 Å². The maximum atomic E-state index is 12.5. The number of hydrogen-bond donors (Lipinski definition) is 0. The van der Waals surface area contributed by atoms with E-state index in [1.54, 1.807) is 21.1 Å². The molecule has 0 fully saturated rings. The molecule has 0 heterocycles. The second-order valence-electron chi connectivity index (χ2n) is 12.4. The maximum absolute atomic E-state index is 12.5. The summed E-state index contributed by atoms with van der Waals surface area (Å²) >= 11 is 0. The van der Waals surface area contributed by atoms with E-state index < -0.39 is 18.1 Å². The number of rotatable bonds is 29. The van der Waals surface area contributed by atoms with Crippen molar-refractivity contribution < 1.29 is 38.2 Å². The third-order valence-corrected chi connectivity index (χ3v) is 7.40. The van der Waals surface area contributed by atoms with Gasteiger partial charge in [-0.3, -0.25) is 9.59 Å². The number of esters is 2. The molecule has 0 rings (SSSR count). The molecule has 0 N–H and O–H groups in total. The van der Waals surface area contributed by atoms with E-state index in [0.717, 1.165) is 51.4 Å². The topological polar surface area (TPSA) is 102 Å². The first-order valence-corrected chi connectivity index (χ1v) is 16.7. The number of carbonyl (C=O) groups excluding carboxylic acids is 3. The number of carboxylic acids is 1. The molecule has 0 aromatic rings. The zero-order valence-electron chi connectivity index (χ0n) is 27.7. The molecule has 0 aliphatic rings. The van der Waals surface area contributed by atoms with Gasteiger partial charge in [0.25, 0.3) is 0 Å². The molecule has 0 aliphatic heterocycles. The van der Waals surface area contributed by atoms with Gasteiger partial charge < -0.3 is 28.6 Å². The average molecular weight is 598 g/mol. The highest BCUT2D eigenvalue weighted by atomic mass is 16.6. The molecule has 42 heavy (non-hydrogen) atoms. The van der Waals surface area contributed by atoms with E-state index in [1.807, 2.05) is 0 Å². The number of aliphatic carboxylic acids is 1. The molecule has 0 bridgehead atoms. The molecular formula is C34H63NO7. The van der Waals surface area contributed by atoms with Crippen LogP contribution in [-0.2, 0) is 28.6 Å². The number of nitrogens with zero attached hydrogens (tertiary/aromatic N) is 1. The normalized spacial score (nSPS) is 13.3. The number of likely N-dealkylation sites (N-methyl/N-ethyl adjacent to an activating group) is 1. The summed E-state index contributed by atoms with van der Waals surface area (Å²) in [5.41, 5.74) is 0. The van der Waals surface area contributed by atoms with E-state index in [9.17, 15) is 19.5 Å².